The van der Waals surface area contributed by atoms with Gasteiger partial charge in [-0.3, -0.25) is 0 Å². The normalized spacial score (nSPS) is 26.3. The summed E-state index contributed by atoms with van der Waals surface area (Å²) in [6.45, 7) is 4.04. The quantitative estimate of drug-likeness (QED) is 0.626. The Hall–Kier alpha value is -1.59. The van der Waals surface area contributed by atoms with E-state index in [-0.39, 0.29) is 0 Å². The Morgan fingerprint density at radius 2 is 2.07 bits per heavy atom. The molecule has 0 aromatic carbocycles. The van der Waals surface area contributed by atoms with Crippen LogP contribution in [0.3, 0.4) is 0 Å². The summed E-state index contributed by atoms with van der Waals surface area (Å²) in [4.78, 5) is 17.9. The predicted molar refractivity (Wildman–Crippen MR) is 56.3 cm³/mol. The number of fused-ring (bicyclic) bond motifs is 2. The molecule has 0 spiro atoms. The maximum absolute atomic E-state index is 4.48. The Kier molecular flexibility index (Phi) is 1.28. The van der Waals surface area contributed by atoms with E-state index >= 15 is 0 Å². The van der Waals surface area contributed by atoms with Gasteiger partial charge in [-0.2, -0.15) is 15.0 Å². The third-order valence-electron chi connectivity index (χ3n) is 3.39. The van der Waals surface area contributed by atoms with Crippen molar-refractivity contribution in [2.24, 2.45) is 0 Å². The molecule has 6 bridgehead atoms. The van der Waals surface area contributed by atoms with Crippen LogP contribution in [0.25, 0.3) is 0 Å². The number of nitrogens with zero attached hydrogens (tertiary/aromatic N) is 5. The van der Waals surface area contributed by atoms with Gasteiger partial charge in [0.15, 0.2) is 0 Å². The molecule has 1 saturated heterocycles. The molecule has 78 valence electrons. The SMILES string of the molecule is C1CC2CN3CCN2c2nc(nc3n2)N1. The lowest BCUT2D eigenvalue weighted by Crippen LogP contribution is -2.52. The summed E-state index contributed by atoms with van der Waals surface area (Å²) >= 11 is 0. The summed E-state index contributed by atoms with van der Waals surface area (Å²) in [7, 11) is 0. The van der Waals surface area contributed by atoms with Crippen LogP contribution >= 0.6 is 0 Å². The van der Waals surface area contributed by atoms with Crippen molar-refractivity contribution >= 4 is 17.8 Å². The molecule has 5 heterocycles. The molecule has 1 aromatic rings. The van der Waals surface area contributed by atoms with Gasteiger partial charge in [0.2, 0.25) is 17.8 Å². The van der Waals surface area contributed by atoms with E-state index in [1.54, 1.807) is 0 Å². The molecule has 1 atom stereocenters. The third kappa shape index (κ3) is 0.961. The minimum atomic E-state index is 0.543. The first-order valence-corrected chi connectivity index (χ1v) is 5.42. The number of hydrogen-bond acceptors (Lipinski definition) is 6. The molecular weight excluding hydrogens is 192 g/mol. The van der Waals surface area contributed by atoms with Gasteiger partial charge in [0.1, 0.15) is 0 Å². The highest BCUT2D eigenvalue weighted by molar-refractivity contribution is 5.52. The Morgan fingerprint density at radius 1 is 1.13 bits per heavy atom. The predicted octanol–water partition coefficient (Wildman–Crippen LogP) is -0.304. The molecule has 6 heteroatoms. The Bertz CT molecular complexity index is 415. The zero-order valence-electron chi connectivity index (χ0n) is 8.35. The first kappa shape index (κ1) is 7.67. The average molecular weight is 204 g/mol. The molecule has 1 aromatic heterocycles. The van der Waals surface area contributed by atoms with Gasteiger partial charge in [0.25, 0.3) is 0 Å². The Morgan fingerprint density at radius 3 is 3.07 bits per heavy atom. The third-order valence-corrected chi connectivity index (χ3v) is 3.39. The summed E-state index contributed by atoms with van der Waals surface area (Å²) in [6, 6.07) is 0.543. The van der Waals surface area contributed by atoms with E-state index in [1.165, 1.54) is 0 Å². The lowest BCUT2D eigenvalue weighted by molar-refractivity contribution is 0.504. The van der Waals surface area contributed by atoms with E-state index in [2.05, 4.69) is 30.1 Å². The summed E-state index contributed by atoms with van der Waals surface area (Å²) in [5, 5.41) is 3.25. The number of piperazine rings is 1. The van der Waals surface area contributed by atoms with E-state index in [1.807, 2.05) is 0 Å². The standard InChI is InChI=1S/C9H12N6/c1-2-10-7-11-8-13-9(12-7)15-4-3-14(8)5-6(1)15/h6H,1-5H2,(H,10,11,12,13). The van der Waals surface area contributed by atoms with Crippen molar-refractivity contribution in [2.45, 2.75) is 12.5 Å². The fourth-order valence-corrected chi connectivity index (χ4v) is 2.60. The number of rotatable bonds is 0. The van der Waals surface area contributed by atoms with E-state index in [4.69, 9.17) is 0 Å². The highest BCUT2D eigenvalue weighted by Crippen LogP contribution is 2.29. The van der Waals surface area contributed by atoms with Gasteiger partial charge in [0.05, 0.1) is 6.04 Å². The second-order valence-electron chi connectivity index (χ2n) is 4.27. The summed E-state index contributed by atoms with van der Waals surface area (Å²) < 4.78 is 0. The molecule has 0 radical (unpaired) electrons. The molecule has 0 aliphatic carbocycles. The van der Waals surface area contributed by atoms with Gasteiger partial charge in [-0.05, 0) is 6.42 Å². The monoisotopic (exact) mass is 204 g/mol. The number of nitrogens with one attached hydrogen (secondary N) is 1. The zero-order valence-corrected chi connectivity index (χ0v) is 8.35. The maximum Gasteiger partial charge on any atom is 0.232 e. The number of anilines is 3. The van der Waals surface area contributed by atoms with E-state index < -0.39 is 0 Å². The van der Waals surface area contributed by atoms with Crippen molar-refractivity contribution in [3.63, 3.8) is 0 Å². The zero-order chi connectivity index (χ0) is 9.83. The Labute approximate surface area is 87.3 Å². The molecule has 0 saturated carbocycles. The van der Waals surface area contributed by atoms with Crippen molar-refractivity contribution < 1.29 is 0 Å². The smallest absolute Gasteiger partial charge is 0.232 e. The van der Waals surface area contributed by atoms with Gasteiger partial charge in [-0.15, -0.1) is 0 Å². The van der Waals surface area contributed by atoms with Crippen molar-refractivity contribution in [1.29, 1.82) is 0 Å². The lowest BCUT2D eigenvalue weighted by Gasteiger charge is -2.38. The van der Waals surface area contributed by atoms with Gasteiger partial charge in [0, 0.05) is 26.2 Å². The van der Waals surface area contributed by atoms with Crippen molar-refractivity contribution in [1.82, 2.24) is 15.0 Å². The molecule has 5 rings (SSSR count). The topological polar surface area (TPSA) is 57.2 Å². The van der Waals surface area contributed by atoms with Gasteiger partial charge in [-0.1, -0.05) is 0 Å². The van der Waals surface area contributed by atoms with Crippen molar-refractivity contribution in [3.8, 4) is 0 Å². The van der Waals surface area contributed by atoms with Crippen LogP contribution in [-0.2, 0) is 0 Å². The Balaban J connectivity index is 1.99. The number of hydrogen-bond donors (Lipinski definition) is 1. The van der Waals surface area contributed by atoms with Crippen LogP contribution in [0.15, 0.2) is 0 Å². The van der Waals surface area contributed by atoms with Gasteiger partial charge >= 0.3 is 0 Å². The van der Waals surface area contributed by atoms with Crippen LogP contribution in [0.4, 0.5) is 17.8 Å². The highest BCUT2D eigenvalue weighted by Gasteiger charge is 2.35. The molecule has 4 aliphatic rings. The van der Waals surface area contributed by atoms with Crippen LogP contribution in [0.2, 0.25) is 0 Å². The molecular formula is C9H12N6. The van der Waals surface area contributed by atoms with Crippen LogP contribution in [-0.4, -0.2) is 47.2 Å². The number of aromatic nitrogens is 3. The molecule has 15 heavy (non-hydrogen) atoms. The molecule has 1 fully saturated rings. The second kappa shape index (κ2) is 2.50. The first-order chi connectivity index (χ1) is 7.40. The largest absolute Gasteiger partial charge is 0.354 e. The second-order valence-corrected chi connectivity index (χ2v) is 4.27. The first-order valence-electron chi connectivity index (χ1n) is 5.42. The molecule has 4 aliphatic heterocycles. The molecule has 1 unspecified atom stereocenters. The summed E-state index contributed by atoms with van der Waals surface area (Å²) in [5.41, 5.74) is 0. The molecule has 0 amide bonds. The molecule has 6 nitrogen and oxygen atoms in total. The summed E-state index contributed by atoms with van der Waals surface area (Å²) in [6.07, 6.45) is 1.14. The van der Waals surface area contributed by atoms with Gasteiger partial charge < -0.3 is 15.1 Å². The van der Waals surface area contributed by atoms with Crippen LogP contribution in [0, 0.1) is 0 Å². The maximum atomic E-state index is 4.48. The lowest BCUT2D eigenvalue weighted by atomic mass is 10.1. The van der Waals surface area contributed by atoms with E-state index in [0.717, 1.165) is 50.4 Å². The average Bonchev–Trinajstić information content (AvgIpc) is 2.41. The van der Waals surface area contributed by atoms with Crippen LogP contribution in [0.5, 0.6) is 0 Å². The minimum Gasteiger partial charge on any atom is -0.354 e. The fraction of sp³-hybridized carbons (Fsp3) is 0.667. The molecule has 1 N–H and O–H groups in total. The van der Waals surface area contributed by atoms with Crippen LogP contribution in [0.1, 0.15) is 6.42 Å². The highest BCUT2D eigenvalue weighted by atomic mass is 15.5. The minimum absolute atomic E-state index is 0.543. The van der Waals surface area contributed by atoms with Crippen LogP contribution < -0.4 is 15.1 Å². The van der Waals surface area contributed by atoms with Gasteiger partial charge in [-0.25, -0.2) is 0 Å². The van der Waals surface area contributed by atoms with Crippen molar-refractivity contribution in [3.05, 3.63) is 0 Å². The van der Waals surface area contributed by atoms with Crippen molar-refractivity contribution in [2.75, 3.05) is 41.3 Å². The fourth-order valence-electron chi connectivity index (χ4n) is 2.60. The summed E-state index contributed by atoms with van der Waals surface area (Å²) in [5.74, 6) is 2.42. The van der Waals surface area contributed by atoms with E-state index in [0.29, 0.717) is 6.04 Å². The van der Waals surface area contributed by atoms with E-state index in [9.17, 15) is 0 Å².